The summed E-state index contributed by atoms with van der Waals surface area (Å²) in [5, 5.41) is 3.21. The van der Waals surface area contributed by atoms with Gasteiger partial charge in [-0.1, -0.05) is 12.2 Å². The van der Waals surface area contributed by atoms with E-state index in [0.717, 1.165) is 6.54 Å². The fraction of sp³-hybridized carbons (Fsp3) is 0.333. The van der Waals surface area contributed by atoms with E-state index in [1.165, 1.54) is 0 Å². The van der Waals surface area contributed by atoms with Crippen LogP contribution in [0.3, 0.4) is 0 Å². The van der Waals surface area contributed by atoms with E-state index in [1.807, 2.05) is 18.4 Å². The molecule has 3 heteroatoms. The van der Waals surface area contributed by atoms with Crippen LogP contribution in [0.15, 0.2) is 24.4 Å². The van der Waals surface area contributed by atoms with E-state index in [0.29, 0.717) is 0 Å². The van der Waals surface area contributed by atoms with E-state index in [4.69, 9.17) is 23.2 Å². The number of alkyl halides is 2. The van der Waals surface area contributed by atoms with Gasteiger partial charge in [0.1, 0.15) is 0 Å². The zero-order valence-electron chi connectivity index (χ0n) is 4.98. The van der Waals surface area contributed by atoms with Crippen LogP contribution in [0.25, 0.3) is 0 Å². The molecular formula is C6H9Cl2N. The molecule has 0 aromatic carbocycles. The lowest BCUT2D eigenvalue weighted by Gasteiger charge is -1.94. The molecule has 1 N–H and O–H groups in total. The number of allylic oxidation sites excluding steroid dienone is 2. The minimum atomic E-state index is 0.194. The molecule has 9 heavy (non-hydrogen) atoms. The van der Waals surface area contributed by atoms with Gasteiger partial charge < -0.3 is 5.32 Å². The molecule has 1 rings (SSSR count). The topological polar surface area (TPSA) is 12.0 Å². The Morgan fingerprint density at radius 1 is 1.33 bits per heavy atom. The maximum absolute atomic E-state index is 4.76. The van der Waals surface area contributed by atoms with Crippen LogP contribution in [0.5, 0.6) is 0 Å². The first kappa shape index (κ1) is 8.86. The van der Waals surface area contributed by atoms with E-state index in [-0.39, 0.29) is 5.34 Å². The molecule has 0 aromatic rings. The number of rotatable bonds is 0. The molecule has 52 valence electrons. The van der Waals surface area contributed by atoms with Crippen molar-refractivity contribution in [3.05, 3.63) is 24.4 Å². The summed E-state index contributed by atoms with van der Waals surface area (Å²) in [5.74, 6) is 0. The maximum Gasteiger partial charge on any atom is 0.0967 e. The Morgan fingerprint density at radius 3 is 2.11 bits per heavy atom. The van der Waals surface area contributed by atoms with Crippen molar-refractivity contribution in [2.24, 2.45) is 0 Å². The van der Waals surface area contributed by atoms with Crippen molar-refractivity contribution >= 4 is 23.2 Å². The van der Waals surface area contributed by atoms with Crippen molar-refractivity contribution in [2.75, 3.05) is 11.9 Å². The third-order valence-electron chi connectivity index (χ3n) is 0.697. The van der Waals surface area contributed by atoms with Gasteiger partial charge in [-0.15, -0.1) is 23.2 Å². The highest BCUT2D eigenvalue weighted by atomic mass is 35.5. The van der Waals surface area contributed by atoms with Crippen LogP contribution in [-0.2, 0) is 0 Å². The normalized spacial score (nSPS) is 13.6. The summed E-state index contributed by atoms with van der Waals surface area (Å²) >= 11 is 9.53. The Kier molecular flexibility index (Phi) is 7.74. The summed E-state index contributed by atoms with van der Waals surface area (Å²) in [7, 11) is 0. The summed E-state index contributed by atoms with van der Waals surface area (Å²) in [6.07, 6.45) is 8.00. The summed E-state index contributed by atoms with van der Waals surface area (Å²) < 4.78 is 0. The van der Waals surface area contributed by atoms with Crippen LogP contribution in [0.1, 0.15) is 0 Å². The molecule has 0 unspecified atom stereocenters. The van der Waals surface area contributed by atoms with E-state index in [2.05, 4.69) is 11.4 Å². The quantitative estimate of drug-likeness (QED) is 0.543. The number of hydrogen-bond acceptors (Lipinski definition) is 1. The average Bonchev–Trinajstić information content (AvgIpc) is 1.93. The lowest BCUT2D eigenvalue weighted by atomic mass is 10.4. The van der Waals surface area contributed by atoms with Crippen LogP contribution in [-0.4, -0.2) is 11.9 Å². The van der Waals surface area contributed by atoms with Crippen molar-refractivity contribution in [1.82, 2.24) is 5.32 Å². The molecule has 0 saturated carbocycles. The van der Waals surface area contributed by atoms with Crippen molar-refractivity contribution in [3.63, 3.8) is 0 Å². The Morgan fingerprint density at radius 2 is 2.00 bits per heavy atom. The van der Waals surface area contributed by atoms with Crippen LogP contribution < -0.4 is 5.32 Å². The highest BCUT2D eigenvalue weighted by Crippen LogP contribution is 1.78. The molecule has 0 aliphatic carbocycles. The van der Waals surface area contributed by atoms with E-state index in [9.17, 15) is 0 Å². The molecular weight excluding hydrogens is 157 g/mol. The third-order valence-corrected chi connectivity index (χ3v) is 0.697. The minimum absolute atomic E-state index is 0.194. The average molecular weight is 166 g/mol. The van der Waals surface area contributed by atoms with Gasteiger partial charge in [0.05, 0.1) is 5.34 Å². The molecule has 0 saturated heterocycles. The van der Waals surface area contributed by atoms with Crippen LogP contribution in [0.4, 0.5) is 0 Å². The fourth-order valence-electron chi connectivity index (χ4n) is 0.406. The second-order valence-electron chi connectivity index (χ2n) is 1.30. The number of hydrogen-bond donors (Lipinski definition) is 1. The summed E-state index contributed by atoms with van der Waals surface area (Å²) in [4.78, 5) is 0. The Bertz CT molecular complexity index is 87.2. The van der Waals surface area contributed by atoms with E-state index >= 15 is 0 Å². The van der Waals surface area contributed by atoms with Crippen molar-refractivity contribution in [3.8, 4) is 0 Å². The largest absolute Gasteiger partial charge is 0.387 e. The summed E-state index contributed by atoms with van der Waals surface area (Å²) in [6.45, 7) is 0.983. The highest BCUT2D eigenvalue weighted by molar-refractivity contribution is 6.40. The predicted octanol–water partition coefficient (Wildman–Crippen LogP) is 2.08. The molecule has 0 atom stereocenters. The standard InChI is InChI=1S/C5H7N.CH2Cl2/c1-2-4-6-5-3-1;2-1-3/h1-4,6H,5H2;1H2. The molecule has 0 bridgehead atoms. The van der Waals surface area contributed by atoms with Crippen LogP contribution in [0, 0.1) is 0 Å². The SMILES string of the molecule is C1=CCNC=C1.ClCCl. The zero-order chi connectivity index (χ0) is 6.95. The Balaban J connectivity index is 0.000000187. The predicted molar refractivity (Wildman–Crippen MR) is 42.9 cm³/mol. The van der Waals surface area contributed by atoms with Gasteiger partial charge in [-0.2, -0.15) is 0 Å². The van der Waals surface area contributed by atoms with Gasteiger partial charge in [-0.25, -0.2) is 0 Å². The van der Waals surface area contributed by atoms with Gasteiger partial charge >= 0.3 is 0 Å². The molecule has 0 spiro atoms. The monoisotopic (exact) mass is 165 g/mol. The van der Waals surface area contributed by atoms with Crippen LogP contribution in [0.2, 0.25) is 0 Å². The fourth-order valence-corrected chi connectivity index (χ4v) is 0.406. The van der Waals surface area contributed by atoms with Gasteiger partial charge in [0.2, 0.25) is 0 Å². The number of dihydropyridines is 1. The molecule has 0 fully saturated rings. The summed E-state index contributed by atoms with van der Waals surface area (Å²) in [5.41, 5.74) is 0. The molecule has 0 radical (unpaired) electrons. The Labute approximate surface area is 65.3 Å². The molecule has 1 aliphatic rings. The lowest BCUT2D eigenvalue weighted by Crippen LogP contribution is -2.05. The third kappa shape index (κ3) is 7.86. The van der Waals surface area contributed by atoms with Gasteiger partial charge in [0.15, 0.2) is 0 Å². The molecule has 0 amide bonds. The van der Waals surface area contributed by atoms with Gasteiger partial charge in [0.25, 0.3) is 0 Å². The highest BCUT2D eigenvalue weighted by Gasteiger charge is 1.73. The van der Waals surface area contributed by atoms with E-state index < -0.39 is 0 Å². The van der Waals surface area contributed by atoms with Gasteiger partial charge in [-0.05, 0) is 12.3 Å². The molecule has 1 nitrogen and oxygen atoms in total. The first-order valence-electron chi connectivity index (χ1n) is 2.58. The summed E-state index contributed by atoms with van der Waals surface area (Å²) in [6, 6.07) is 0. The molecule has 1 heterocycles. The van der Waals surface area contributed by atoms with Crippen LogP contribution >= 0.6 is 23.2 Å². The second-order valence-corrected chi connectivity index (χ2v) is 2.10. The second kappa shape index (κ2) is 7.86. The lowest BCUT2D eigenvalue weighted by molar-refractivity contribution is 0.972. The van der Waals surface area contributed by atoms with Crippen molar-refractivity contribution in [2.45, 2.75) is 0 Å². The smallest absolute Gasteiger partial charge is 0.0967 e. The van der Waals surface area contributed by atoms with Gasteiger partial charge in [0, 0.05) is 6.54 Å². The number of halogens is 2. The van der Waals surface area contributed by atoms with Crippen molar-refractivity contribution < 1.29 is 0 Å². The zero-order valence-corrected chi connectivity index (χ0v) is 6.49. The van der Waals surface area contributed by atoms with E-state index in [1.54, 1.807) is 0 Å². The molecule has 0 aromatic heterocycles. The molecule has 1 aliphatic heterocycles. The number of nitrogens with one attached hydrogen (secondary N) is 1. The first-order valence-corrected chi connectivity index (χ1v) is 3.65. The maximum atomic E-state index is 4.76. The van der Waals surface area contributed by atoms with Crippen molar-refractivity contribution in [1.29, 1.82) is 0 Å². The van der Waals surface area contributed by atoms with Gasteiger partial charge in [-0.3, -0.25) is 0 Å². The first-order chi connectivity index (χ1) is 4.41. The minimum Gasteiger partial charge on any atom is -0.387 e. The Hall–Kier alpha value is -0.140.